The molecule has 3 saturated heterocycles. The van der Waals surface area contributed by atoms with Crippen LogP contribution in [0.3, 0.4) is 0 Å². The number of hydrogen-bond acceptors (Lipinski definition) is 7. The summed E-state index contributed by atoms with van der Waals surface area (Å²) in [5.41, 5.74) is 1.73. The maximum Gasteiger partial charge on any atom is 0.414 e. The maximum atomic E-state index is 15.2. The molecule has 0 radical (unpaired) electrons. The smallest absolute Gasteiger partial charge is 0.414 e. The van der Waals surface area contributed by atoms with Crippen molar-refractivity contribution >= 4 is 58.5 Å². The van der Waals surface area contributed by atoms with Crippen LogP contribution in [0.25, 0.3) is 0 Å². The van der Waals surface area contributed by atoms with Crippen LogP contribution in [0, 0.1) is 5.92 Å². The summed E-state index contributed by atoms with van der Waals surface area (Å²) in [4.78, 5) is 46.7. The van der Waals surface area contributed by atoms with Gasteiger partial charge >= 0.3 is 6.09 Å². The van der Waals surface area contributed by atoms with Crippen LogP contribution in [-0.2, 0) is 31.2 Å². The van der Waals surface area contributed by atoms with Gasteiger partial charge in [-0.15, -0.1) is 0 Å². The number of nitrogens with zero attached hydrogens (tertiary/aromatic N) is 3. The number of anilines is 2. The largest absolute Gasteiger partial charge is 0.497 e. The van der Waals surface area contributed by atoms with Crippen LogP contribution < -0.4 is 19.7 Å². The SMILES string of the molecule is COc1ccc([Si](C)(C)[C@H]2[C@H](CC(=O)N3CCC[C@H]3CO)O[C@@]3(C(=O)N(Cc4cccc(N5CCOC5=O)c4)c4ccc(Br)cc43)[C@@H]2C)cc1. The Bertz CT molecular complexity index is 1810. The van der Waals surface area contributed by atoms with Crippen molar-refractivity contribution in [1.29, 1.82) is 0 Å². The van der Waals surface area contributed by atoms with Crippen molar-refractivity contribution in [2.45, 2.75) is 69.1 Å². The minimum Gasteiger partial charge on any atom is -0.497 e. The van der Waals surface area contributed by atoms with Crippen LogP contribution in [0.5, 0.6) is 5.75 Å². The number of carbonyl (C=O) groups excluding carboxylic acids is 3. The average molecular weight is 763 g/mol. The van der Waals surface area contributed by atoms with Crippen LogP contribution >= 0.6 is 15.9 Å². The number of methoxy groups -OCH3 is 1. The third kappa shape index (κ3) is 5.74. The lowest BCUT2D eigenvalue weighted by molar-refractivity contribution is -0.150. The summed E-state index contributed by atoms with van der Waals surface area (Å²) in [6.07, 6.45) is 0.855. The number of aliphatic hydroxyl groups excluding tert-OH is 1. The van der Waals surface area contributed by atoms with Crippen LogP contribution in [-0.4, -0.2) is 81.5 Å². The van der Waals surface area contributed by atoms with Gasteiger partial charge in [0.15, 0.2) is 5.60 Å². The number of fused-ring (bicyclic) bond motifs is 2. The van der Waals surface area contributed by atoms with Gasteiger partial charge in [0.1, 0.15) is 12.4 Å². The normalized spacial score (nSPS) is 26.2. The minimum absolute atomic E-state index is 0.0469. The predicted octanol–water partition coefficient (Wildman–Crippen LogP) is 5.55. The summed E-state index contributed by atoms with van der Waals surface area (Å²) in [6, 6.07) is 21.5. The van der Waals surface area contributed by atoms with Crippen molar-refractivity contribution in [2.24, 2.45) is 5.92 Å². The molecule has 4 aliphatic heterocycles. The second-order valence-corrected chi connectivity index (χ2v) is 20.0. The molecule has 0 aromatic heterocycles. The molecule has 1 spiro atoms. The molecule has 0 bridgehead atoms. The van der Waals surface area contributed by atoms with E-state index in [2.05, 4.69) is 48.1 Å². The van der Waals surface area contributed by atoms with E-state index >= 15 is 4.79 Å². The standard InChI is InChI=1S/C38H44BrN3O7Si/c1-24-35(50(3,4)30-13-11-29(47-2)12-14-30)33(21-34(44)40-16-6-9-28(40)23-43)49-38(24)31-20-26(39)10-15-32(31)42(36(38)45)22-25-7-5-8-27(19-25)41-17-18-48-37(41)46/h5,7-8,10-15,19-20,24,28,33,35,43H,6,9,16-18,21-23H2,1-4H3/t24-,28+,33+,35-,38+/m1/s1. The fourth-order valence-electron chi connectivity index (χ4n) is 8.92. The Morgan fingerprint density at radius 1 is 1.08 bits per heavy atom. The highest BCUT2D eigenvalue weighted by atomic mass is 79.9. The van der Waals surface area contributed by atoms with Crippen molar-refractivity contribution in [3.63, 3.8) is 0 Å². The Balaban J connectivity index is 1.29. The second kappa shape index (κ2) is 13.4. The number of aliphatic hydroxyl groups is 1. The first kappa shape index (κ1) is 34.7. The molecule has 0 unspecified atom stereocenters. The molecular formula is C38H44BrN3O7Si. The number of benzene rings is 3. The van der Waals surface area contributed by atoms with Crippen molar-refractivity contribution < 1.29 is 33.7 Å². The van der Waals surface area contributed by atoms with Crippen molar-refractivity contribution in [3.05, 3.63) is 82.3 Å². The summed E-state index contributed by atoms with van der Waals surface area (Å²) in [6.45, 7) is 8.36. The molecular weight excluding hydrogens is 718 g/mol. The maximum absolute atomic E-state index is 15.2. The zero-order valence-electron chi connectivity index (χ0n) is 28.9. The molecule has 3 aromatic carbocycles. The Morgan fingerprint density at radius 3 is 2.56 bits per heavy atom. The lowest BCUT2D eigenvalue weighted by atomic mass is 9.82. The summed E-state index contributed by atoms with van der Waals surface area (Å²) < 4.78 is 18.6. The van der Waals surface area contributed by atoms with Crippen LogP contribution in [0.4, 0.5) is 16.2 Å². The molecule has 1 N–H and O–H groups in total. The van der Waals surface area contributed by atoms with E-state index in [9.17, 15) is 14.7 Å². The van der Waals surface area contributed by atoms with E-state index in [1.807, 2.05) is 54.6 Å². The van der Waals surface area contributed by atoms with Crippen molar-refractivity contribution in [1.82, 2.24) is 4.90 Å². The quantitative estimate of drug-likeness (QED) is 0.285. The molecule has 3 aromatic rings. The van der Waals surface area contributed by atoms with Gasteiger partial charge < -0.3 is 29.1 Å². The average Bonchev–Trinajstić information content (AvgIpc) is 3.88. The van der Waals surface area contributed by atoms with E-state index in [1.165, 1.54) is 5.19 Å². The van der Waals surface area contributed by atoms with Gasteiger partial charge in [-0.1, -0.05) is 65.4 Å². The Labute approximate surface area is 302 Å². The molecule has 5 atom stereocenters. The summed E-state index contributed by atoms with van der Waals surface area (Å²) in [5, 5.41) is 11.2. The van der Waals surface area contributed by atoms with Gasteiger partial charge in [-0.2, -0.15) is 0 Å². The number of ether oxygens (including phenoxy) is 3. The van der Waals surface area contributed by atoms with E-state index in [0.29, 0.717) is 19.7 Å². The third-order valence-corrected chi connectivity index (χ3v) is 16.3. The first-order valence-corrected chi connectivity index (χ1v) is 21.2. The highest BCUT2D eigenvalue weighted by Crippen LogP contribution is 2.60. The number of hydrogen-bond donors (Lipinski definition) is 1. The van der Waals surface area contributed by atoms with Crippen molar-refractivity contribution in [3.8, 4) is 5.75 Å². The zero-order valence-corrected chi connectivity index (χ0v) is 31.5. The number of likely N-dealkylation sites (tertiary alicyclic amines) is 1. The number of amides is 3. The van der Waals surface area contributed by atoms with Crippen LogP contribution in [0.15, 0.2) is 71.2 Å². The Morgan fingerprint density at radius 2 is 1.86 bits per heavy atom. The highest BCUT2D eigenvalue weighted by Gasteiger charge is 2.66. The van der Waals surface area contributed by atoms with E-state index < -0.39 is 19.8 Å². The lowest BCUT2D eigenvalue weighted by Crippen LogP contribution is -2.52. The topological polar surface area (TPSA) is 109 Å². The highest BCUT2D eigenvalue weighted by molar-refractivity contribution is 9.10. The minimum atomic E-state index is -2.46. The van der Waals surface area contributed by atoms with E-state index in [-0.39, 0.29) is 55.0 Å². The van der Waals surface area contributed by atoms with Gasteiger partial charge in [-0.3, -0.25) is 14.5 Å². The van der Waals surface area contributed by atoms with Gasteiger partial charge in [0, 0.05) is 28.2 Å². The fourth-order valence-corrected chi connectivity index (χ4v) is 13.3. The lowest BCUT2D eigenvalue weighted by Gasteiger charge is -2.37. The Hall–Kier alpha value is -3.71. The zero-order chi connectivity index (χ0) is 35.4. The predicted molar refractivity (Wildman–Crippen MR) is 196 cm³/mol. The molecule has 3 fully saturated rings. The number of cyclic esters (lactones) is 1. The first-order chi connectivity index (χ1) is 24.0. The molecule has 12 heteroatoms. The summed E-state index contributed by atoms with van der Waals surface area (Å²) in [7, 11) is -0.805. The molecule has 3 amide bonds. The van der Waals surface area contributed by atoms with Gasteiger partial charge in [0.05, 0.1) is 59.1 Å². The first-order valence-electron chi connectivity index (χ1n) is 17.4. The summed E-state index contributed by atoms with van der Waals surface area (Å²) in [5.74, 6) is 0.299. The van der Waals surface area contributed by atoms with Crippen LogP contribution in [0.2, 0.25) is 18.6 Å². The number of halogens is 1. The second-order valence-electron chi connectivity index (χ2n) is 14.4. The van der Waals surface area contributed by atoms with Gasteiger partial charge in [0.25, 0.3) is 5.91 Å². The van der Waals surface area contributed by atoms with Gasteiger partial charge in [-0.05, 0) is 66.4 Å². The number of carbonyl (C=O) groups is 3. The molecule has 264 valence electrons. The third-order valence-electron chi connectivity index (χ3n) is 11.4. The molecule has 10 nitrogen and oxygen atoms in total. The molecule has 4 aliphatic rings. The summed E-state index contributed by atoms with van der Waals surface area (Å²) >= 11 is 3.67. The molecule has 0 aliphatic carbocycles. The monoisotopic (exact) mass is 761 g/mol. The molecule has 7 rings (SSSR count). The van der Waals surface area contributed by atoms with Crippen LogP contribution in [0.1, 0.15) is 37.3 Å². The Kier molecular flexibility index (Phi) is 9.34. The van der Waals surface area contributed by atoms with Gasteiger partial charge in [-0.25, -0.2) is 4.79 Å². The van der Waals surface area contributed by atoms with E-state index in [4.69, 9.17) is 14.2 Å². The fraction of sp³-hybridized carbons (Fsp3) is 0.447. The van der Waals surface area contributed by atoms with Gasteiger partial charge in [0.2, 0.25) is 5.91 Å². The molecule has 0 saturated carbocycles. The van der Waals surface area contributed by atoms with E-state index in [0.717, 1.165) is 45.6 Å². The van der Waals surface area contributed by atoms with Crippen molar-refractivity contribution in [2.75, 3.05) is 43.2 Å². The number of rotatable bonds is 9. The molecule has 4 heterocycles. The van der Waals surface area contributed by atoms with E-state index in [1.54, 1.807) is 21.8 Å². The molecule has 50 heavy (non-hydrogen) atoms.